The molecular weight excluding hydrogens is 258 g/mol. The molecule has 2 atom stereocenters. The lowest BCUT2D eigenvalue weighted by Crippen LogP contribution is -2.27. The summed E-state index contributed by atoms with van der Waals surface area (Å²) in [5, 5.41) is 3.55. The van der Waals surface area contributed by atoms with Gasteiger partial charge in [0.05, 0.1) is 5.69 Å². The molecular formula is C14H25N3OS. The maximum Gasteiger partial charge on any atom is 0.109 e. The van der Waals surface area contributed by atoms with Crippen LogP contribution in [0.4, 0.5) is 0 Å². The third kappa shape index (κ3) is 3.45. The summed E-state index contributed by atoms with van der Waals surface area (Å²) in [6, 6.07) is 0. The van der Waals surface area contributed by atoms with Crippen molar-refractivity contribution in [2.45, 2.75) is 52.0 Å². The highest BCUT2D eigenvalue weighted by atomic mass is 32.2. The van der Waals surface area contributed by atoms with Crippen molar-refractivity contribution in [1.29, 1.82) is 0 Å². The molecule has 0 aromatic carbocycles. The molecule has 1 aliphatic rings. The smallest absolute Gasteiger partial charge is 0.109 e. The topological polar surface area (TPSA) is 46.9 Å². The number of aromatic nitrogens is 2. The first-order chi connectivity index (χ1) is 8.99. The van der Waals surface area contributed by atoms with Gasteiger partial charge in [-0.05, 0) is 12.8 Å². The molecule has 4 nitrogen and oxygen atoms in total. The zero-order valence-corrected chi connectivity index (χ0v) is 13.2. The van der Waals surface area contributed by atoms with Gasteiger partial charge in [0.1, 0.15) is 5.82 Å². The van der Waals surface area contributed by atoms with Crippen molar-refractivity contribution < 1.29 is 4.21 Å². The average molecular weight is 283 g/mol. The van der Waals surface area contributed by atoms with E-state index in [0.717, 1.165) is 32.5 Å². The molecule has 2 heterocycles. The predicted octanol–water partition coefficient (Wildman–Crippen LogP) is 1.49. The molecule has 0 spiro atoms. The van der Waals surface area contributed by atoms with Crippen molar-refractivity contribution in [2.75, 3.05) is 12.8 Å². The van der Waals surface area contributed by atoms with E-state index in [0.29, 0.717) is 5.92 Å². The van der Waals surface area contributed by atoms with Gasteiger partial charge in [0.25, 0.3) is 0 Å². The van der Waals surface area contributed by atoms with Crippen molar-refractivity contribution in [1.82, 2.24) is 14.9 Å². The third-order valence-electron chi connectivity index (χ3n) is 3.66. The van der Waals surface area contributed by atoms with E-state index >= 15 is 0 Å². The molecule has 0 saturated carbocycles. The maximum absolute atomic E-state index is 11.6. The molecule has 19 heavy (non-hydrogen) atoms. The van der Waals surface area contributed by atoms with Crippen LogP contribution in [0.15, 0.2) is 0 Å². The van der Waals surface area contributed by atoms with Crippen LogP contribution < -0.4 is 5.32 Å². The number of nitrogens with zero attached hydrogens (tertiary/aromatic N) is 2. The average Bonchev–Trinajstić information content (AvgIpc) is 2.66. The first-order valence-corrected chi connectivity index (χ1v) is 8.71. The normalized spacial score (nSPS) is 18.4. The van der Waals surface area contributed by atoms with E-state index in [2.05, 4.69) is 30.7 Å². The second-order valence-electron chi connectivity index (χ2n) is 5.87. The summed E-state index contributed by atoms with van der Waals surface area (Å²) in [6.07, 6.45) is 3.82. The minimum absolute atomic E-state index is 0.180. The standard InChI is InChI=1S/C14H25N3OS/c1-10(2)7-14-16-12-8-15-6-5-13(12)17(14)9-11(3)19(4)18/h10-11,15H,5-9H2,1-4H3. The first kappa shape index (κ1) is 14.7. The van der Waals surface area contributed by atoms with Crippen molar-refractivity contribution in [3.8, 4) is 0 Å². The van der Waals surface area contributed by atoms with Crippen LogP contribution in [0.2, 0.25) is 0 Å². The molecule has 0 aliphatic carbocycles. The van der Waals surface area contributed by atoms with E-state index in [1.54, 1.807) is 6.26 Å². The molecule has 0 amide bonds. The molecule has 108 valence electrons. The monoisotopic (exact) mass is 283 g/mol. The molecule has 1 N–H and O–H groups in total. The van der Waals surface area contributed by atoms with Crippen LogP contribution in [-0.4, -0.2) is 31.8 Å². The molecule has 0 saturated heterocycles. The number of hydrogen-bond acceptors (Lipinski definition) is 3. The summed E-state index contributed by atoms with van der Waals surface area (Å²) < 4.78 is 14.0. The van der Waals surface area contributed by atoms with Gasteiger partial charge >= 0.3 is 0 Å². The van der Waals surface area contributed by atoms with Crippen molar-refractivity contribution in [3.05, 3.63) is 17.2 Å². The zero-order chi connectivity index (χ0) is 14.0. The lowest BCUT2D eigenvalue weighted by Gasteiger charge is -2.19. The van der Waals surface area contributed by atoms with Gasteiger partial charge in [0.2, 0.25) is 0 Å². The Morgan fingerprint density at radius 1 is 1.42 bits per heavy atom. The van der Waals surface area contributed by atoms with Crippen molar-refractivity contribution >= 4 is 10.8 Å². The van der Waals surface area contributed by atoms with E-state index in [4.69, 9.17) is 4.98 Å². The molecule has 5 heteroatoms. The molecule has 2 unspecified atom stereocenters. The summed E-state index contributed by atoms with van der Waals surface area (Å²) in [4.78, 5) is 4.80. The second-order valence-corrected chi connectivity index (χ2v) is 7.67. The van der Waals surface area contributed by atoms with Gasteiger partial charge in [-0.1, -0.05) is 13.8 Å². The highest BCUT2D eigenvalue weighted by Crippen LogP contribution is 2.19. The Hall–Kier alpha value is -0.680. The highest BCUT2D eigenvalue weighted by Gasteiger charge is 2.21. The number of fused-ring (bicyclic) bond motifs is 1. The van der Waals surface area contributed by atoms with E-state index in [1.807, 2.05) is 0 Å². The summed E-state index contributed by atoms with van der Waals surface area (Å²) in [5.74, 6) is 1.76. The molecule has 1 aromatic heterocycles. The fourth-order valence-electron chi connectivity index (χ4n) is 2.53. The summed E-state index contributed by atoms with van der Waals surface area (Å²) >= 11 is 0. The van der Waals surface area contributed by atoms with Crippen molar-refractivity contribution in [3.63, 3.8) is 0 Å². The van der Waals surface area contributed by atoms with Gasteiger partial charge in [-0.2, -0.15) is 0 Å². The first-order valence-electron chi connectivity index (χ1n) is 7.09. The van der Waals surface area contributed by atoms with Crippen LogP contribution in [0.5, 0.6) is 0 Å². The van der Waals surface area contributed by atoms with Crippen molar-refractivity contribution in [2.24, 2.45) is 5.92 Å². The fourth-order valence-corrected chi connectivity index (χ4v) is 2.88. The van der Waals surface area contributed by atoms with E-state index in [-0.39, 0.29) is 5.25 Å². The van der Waals surface area contributed by atoms with E-state index in [9.17, 15) is 4.21 Å². The SMILES string of the molecule is CC(C)Cc1nc2c(n1CC(C)S(C)=O)CCNC2. The molecule has 0 radical (unpaired) electrons. The number of hydrogen-bond donors (Lipinski definition) is 1. The molecule has 2 rings (SSSR count). The van der Waals surface area contributed by atoms with Crippen LogP contribution in [-0.2, 0) is 36.7 Å². The van der Waals surface area contributed by atoms with Gasteiger partial charge in [0.15, 0.2) is 0 Å². The molecule has 1 aliphatic heterocycles. The Labute approximate surface area is 118 Å². The maximum atomic E-state index is 11.6. The molecule has 0 fully saturated rings. The van der Waals surface area contributed by atoms with E-state index in [1.165, 1.54) is 17.2 Å². The minimum Gasteiger partial charge on any atom is -0.330 e. The fraction of sp³-hybridized carbons (Fsp3) is 0.786. The number of imidazole rings is 1. The Morgan fingerprint density at radius 2 is 2.16 bits per heavy atom. The summed E-state index contributed by atoms with van der Waals surface area (Å²) in [7, 11) is -0.781. The van der Waals surface area contributed by atoms with Crippen LogP contribution in [0.3, 0.4) is 0 Å². The Morgan fingerprint density at radius 3 is 2.79 bits per heavy atom. The van der Waals surface area contributed by atoms with Crippen LogP contribution in [0.1, 0.15) is 38.0 Å². The highest BCUT2D eigenvalue weighted by molar-refractivity contribution is 7.84. The minimum atomic E-state index is -0.781. The van der Waals surface area contributed by atoms with Gasteiger partial charge in [-0.15, -0.1) is 0 Å². The lowest BCUT2D eigenvalue weighted by molar-refractivity contribution is 0.544. The number of rotatable bonds is 5. The number of nitrogens with one attached hydrogen (secondary N) is 1. The molecule has 1 aromatic rings. The zero-order valence-electron chi connectivity index (χ0n) is 12.4. The van der Waals surface area contributed by atoms with Gasteiger partial charge < -0.3 is 9.88 Å². The van der Waals surface area contributed by atoms with Crippen LogP contribution in [0.25, 0.3) is 0 Å². The van der Waals surface area contributed by atoms with Gasteiger partial charge in [-0.3, -0.25) is 4.21 Å². The van der Waals surface area contributed by atoms with E-state index < -0.39 is 10.8 Å². The molecule has 0 bridgehead atoms. The largest absolute Gasteiger partial charge is 0.330 e. The summed E-state index contributed by atoms with van der Waals surface area (Å²) in [6.45, 7) is 9.21. The summed E-state index contributed by atoms with van der Waals surface area (Å²) in [5.41, 5.74) is 2.54. The Kier molecular flexibility index (Phi) is 4.79. The van der Waals surface area contributed by atoms with Gasteiger partial charge in [0, 0.05) is 60.5 Å². The van der Waals surface area contributed by atoms with Crippen LogP contribution >= 0.6 is 0 Å². The second kappa shape index (κ2) is 6.18. The Balaban J connectivity index is 2.31. The Bertz CT molecular complexity index is 468. The van der Waals surface area contributed by atoms with Gasteiger partial charge in [-0.25, -0.2) is 4.98 Å². The van der Waals surface area contributed by atoms with Crippen LogP contribution in [0, 0.1) is 5.92 Å². The predicted molar refractivity (Wildman–Crippen MR) is 79.7 cm³/mol. The third-order valence-corrected chi connectivity index (χ3v) is 4.95. The lowest BCUT2D eigenvalue weighted by atomic mass is 10.1. The quantitative estimate of drug-likeness (QED) is 0.891.